The Hall–Kier alpha value is -0.590. The minimum absolute atomic E-state index is 0.0911. The first-order valence-corrected chi connectivity index (χ1v) is 9.82. The van der Waals surface area contributed by atoms with Crippen LogP contribution in [0.25, 0.3) is 0 Å². The van der Waals surface area contributed by atoms with Gasteiger partial charge in [-0.3, -0.25) is 4.79 Å². The van der Waals surface area contributed by atoms with E-state index >= 15 is 0 Å². The average molecular weight is 334 g/mol. The lowest BCUT2D eigenvalue weighted by Crippen LogP contribution is -2.31. The number of carbonyl (C=O) groups is 1. The van der Waals surface area contributed by atoms with Crippen molar-refractivity contribution < 1.29 is 13.2 Å². The van der Waals surface area contributed by atoms with Crippen LogP contribution in [0.3, 0.4) is 0 Å². The van der Waals surface area contributed by atoms with Gasteiger partial charge in [0.25, 0.3) is 9.05 Å². The zero-order valence-electron chi connectivity index (χ0n) is 11.0. The van der Waals surface area contributed by atoms with Gasteiger partial charge >= 0.3 is 0 Å². The minimum Gasteiger partial charge on any atom is -0.349 e. The number of halogens is 1. The topological polar surface area (TPSA) is 63.2 Å². The molecular weight excluding hydrogens is 318 g/mol. The fraction of sp³-hybridized carbons (Fsp3) is 0.615. The molecule has 20 heavy (non-hydrogen) atoms. The predicted molar refractivity (Wildman–Crippen MR) is 78.2 cm³/mol. The molecule has 7 heteroatoms. The van der Waals surface area contributed by atoms with E-state index in [0.717, 1.165) is 40.9 Å². The van der Waals surface area contributed by atoms with Crippen LogP contribution in [-0.4, -0.2) is 14.3 Å². The standard InChI is InChI=1S/C13H16ClNO3S2/c1-7(11-2-3-12(19-11)20(14,17)18)15-13(16)10-5-8-4-9(8)6-10/h2-3,7-10H,4-6H2,1H3,(H,15,16). The van der Waals surface area contributed by atoms with Crippen LogP contribution < -0.4 is 5.32 Å². The zero-order valence-corrected chi connectivity index (χ0v) is 13.4. The van der Waals surface area contributed by atoms with Crippen molar-refractivity contribution in [3.05, 3.63) is 17.0 Å². The zero-order chi connectivity index (χ0) is 14.5. The maximum Gasteiger partial charge on any atom is 0.270 e. The van der Waals surface area contributed by atoms with Gasteiger partial charge in [-0.15, -0.1) is 11.3 Å². The summed E-state index contributed by atoms with van der Waals surface area (Å²) in [5.74, 6) is 1.78. The number of carbonyl (C=O) groups excluding carboxylic acids is 1. The van der Waals surface area contributed by atoms with Gasteiger partial charge in [-0.2, -0.15) is 0 Å². The SMILES string of the molecule is CC(NC(=O)C1CC2CC2C1)c1ccc(S(=O)(=O)Cl)s1. The summed E-state index contributed by atoms with van der Waals surface area (Å²) >= 11 is 1.11. The van der Waals surface area contributed by atoms with Crippen molar-refractivity contribution in [1.29, 1.82) is 0 Å². The minimum atomic E-state index is -3.68. The van der Waals surface area contributed by atoms with Gasteiger partial charge in [0, 0.05) is 21.5 Å². The Morgan fingerprint density at radius 2 is 2.00 bits per heavy atom. The lowest BCUT2D eigenvalue weighted by Gasteiger charge is -2.16. The van der Waals surface area contributed by atoms with E-state index in [2.05, 4.69) is 5.32 Å². The molecule has 1 heterocycles. The maximum atomic E-state index is 12.1. The van der Waals surface area contributed by atoms with Gasteiger partial charge < -0.3 is 5.32 Å². The summed E-state index contributed by atoms with van der Waals surface area (Å²) in [4.78, 5) is 13.0. The first kappa shape index (κ1) is 14.4. The van der Waals surface area contributed by atoms with Gasteiger partial charge in [-0.05, 0) is 50.2 Å². The van der Waals surface area contributed by atoms with E-state index in [-0.39, 0.29) is 22.1 Å². The number of rotatable bonds is 4. The third-order valence-corrected chi connectivity index (χ3v) is 7.60. The third kappa shape index (κ3) is 2.87. The summed E-state index contributed by atoms with van der Waals surface area (Å²) in [6, 6.07) is 3.00. The Kier molecular flexibility index (Phi) is 3.59. The molecule has 1 aromatic heterocycles. The second-order valence-electron chi connectivity index (χ2n) is 5.75. The van der Waals surface area contributed by atoms with Gasteiger partial charge in [-0.25, -0.2) is 8.42 Å². The molecule has 3 unspecified atom stereocenters. The molecule has 4 nitrogen and oxygen atoms in total. The number of hydrogen-bond acceptors (Lipinski definition) is 4. The highest BCUT2D eigenvalue weighted by molar-refractivity contribution is 8.15. The Labute approximate surface area is 126 Å². The molecule has 110 valence electrons. The van der Waals surface area contributed by atoms with E-state index in [1.807, 2.05) is 6.92 Å². The van der Waals surface area contributed by atoms with Crippen molar-refractivity contribution in [1.82, 2.24) is 5.32 Å². The second-order valence-corrected chi connectivity index (χ2v) is 9.66. The summed E-state index contributed by atoms with van der Waals surface area (Å²) in [6.45, 7) is 1.87. The lowest BCUT2D eigenvalue weighted by atomic mass is 10.0. The molecule has 0 aliphatic heterocycles. The number of hydrogen-bond donors (Lipinski definition) is 1. The van der Waals surface area contributed by atoms with Crippen molar-refractivity contribution in [3.8, 4) is 0 Å². The second kappa shape index (κ2) is 5.00. The number of fused-ring (bicyclic) bond motifs is 1. The molecule has 3 atom stereocenters. The summed E-state index contributed by atoms with van der Waals surface area (Å²) in [7, 11) is 1.62. The molecule has 1 aromatic rings. The van der Waals surface area contributed by atoms with E-state index < -0.39 is 9.05 Å². The van der Waals surface area contributed by atoms with Crippen molar-refractivity contribution in [2.24, 2.45) is 17.8 Å². The molecule has 2 saturated carbocycles. The smallest absolute Gasteiger partial charge is 0.270 e. The summed E-state index contributed by atoms with van der Waals surface area (Å²) in [5.41, 5.74) is 0. The van der Waals surface area contributed by atoms with Gasteiger partial charge in [0.05, 0.1) is 6.04 Å². The van der Waals surface area contributed by atoms with E-state index in [1.165, 1.54) is 12.5 Å². The molecule has 1 amide bonds. The van der Waals surface area contributed by atoms with E-state index in [0.29, 0.717) is 0 Å². The fourth-order valence-corrected chi connectivity index (χ4v) is 5.12. The highest BCUT2D eigenvalue weighted by Crippen LogP contribution is 2.54. The molecule has 0 aromatic carbocycles. The normalized spacial score (nSPS) is 29.8. The number of nitrogens with one attached hydrogen (secondary N) is 1. The highest BCUT2D eigenvalue weighted by atomic mass is 35.7. The molecule has 2 aliphatic carbocycles. The van der Waals surface area contributed by atoms with Crippen LogP contribution >= 0.6 is 22.0 Å². The first-order chi connectivity index (χ1) is 9.34. The first-order valence-electron chi connectivity index (χ1n) is 6.69. The van der Waals surface area contributed by atoms with Crippen LogP contribution in [0.15, 0.2) is 16.3 Å². The summed E-state index contributed by atoms with van der Waals surface area (Å²) in [6.07, 6.45) is 3.31. The maximum absolute atomic E-state index is 12.1. The number of thiophene rings is 1. The van der Waals surface area contributed by atoms with Crippen LogP contribution in [0.5, 0.6) is 0 Å². The fourth-order valence-electron chi connectivity index (χ4n) is 3.03. The molecule has 2 aliphatic rings. The predicted octanol–water partition coefficient (Wildman–Crippen LogP) is 2.90. The van der Waals surface area contributed by atoms with Gasteiger partial charge in [0.2, 0.25) is 5.91 Å². The average Bonchev–Trinajstić information content (AvgIpc) is 2.84. The largest absolute Gasteiger partial charge is 0.349 e. The Bertz CT molecular complexity index is 630. The molecular formula is C13H16ClNO3S2. The van der Waals surface area contributed by atoms with Crippen molar-refractivity contribution in [2.45, 2.75) is 36.4 Å². The molecule has 0 spiro atoms. The van der Waals surface area contributed by atoms with Crippen LogP contribution in [0, 0.1) is 17.8 Å². The van der Waals surface area contributed by atoms with Gasteiger partial charge in [-0.1, -0.05) is 0 Å². The van der Waals surface area contributed by atoms with E-state index in [4.69, 9.17) is 10.7 Å². The van der Waals surface area contributed by atoms with Crippen molar-refractivity contribution in [3.63, 3.8) is 0 Å². The van der Waals surface area contributed by atoms with Gasteiger partial charge in [0.15, 0.2) is 0 Å². The van der Waals surface area contributed by atoms with Crippen LogP contribution in [0.2, 0.25) is 0 Å². The van der Waals surface area contributed by atoms with Crippen molar-refractivity contribution >= 4 is 37.0 Å². The van der Waals surface area contributed by atoms with Crippen molar-refractivity contribution in [2.75, 3.05) is 0 Å². The quantitative estimate of drug-likeness (QED) is 0.862. The summed E-state index contributed by atoms with van der Waals surface area (Å²) in [5, 5.41) is 2.98. The van der Waals surface area contributed by atoms with Crippen LogP contribution in [0.1, 0.15) is 37.1 Å². The molecule has 0 bridgehead atoms. The third-order valence-electron chi connectivity index (χ3n) is 4.24. The number of amides is 1. The van der Waals surface area contributed by atoms with Crippen LogP contribution in [-0.2, 0) is 13.8 Å². The molecule has 2 fully saturated rings. The monoisotopic (exact) mass is 333 g/mol. The Morgan fingerprint density at radius 3 is 2.55 bits per heavy atom. The molecule has 0 saturated heterocycles. The lowest BCUT2D eigenvalue weighted by molar-refractivity contribution is -0.125. The molecule has 1 N–H and O–H groups in total. The van der Waals surface area contributed by atoms with Crippen LogP contribution in [0.4, 0.5) is 0 Å². The Morgan fingerprint density at radius 1 is 1.35 bits per heavy atom. The van der Waals surface area contributed by atoms with Gasteiger partial charge in [0.1, 0.15) is 4.21 Å². The van der Waals surface area contributed by atoms with E-state index in [9.17, 15) is 13.2 Å². The molecule has 3 rings (SSSR count). The van der Waals surface area contributed by atoms with E-state index in [1.54, 1.807) is 6.07 Å². The Balaban J connectivity index is 1.62. The molecule has 0 radical (unpaired) electrons. The summed E-state index contributed by atoms with van der Waals surface area (Å²) < 4.78 is 22.6. The highest BCUT2D eigenvalue weighted by Gasteiger charge is 2.48.